The summed E-state index contributed by atoms with van der Waals surface area (Å²) in [5, 5.41) is 8.85. The Kier molecular flexibility index (Phi) is 3.52. The smallest absolute Gasteiger partial charge is 0.425 e. The molecule has 1 heterocycles. The number of carbonyl (C=O) groups is 1. The number of hydrogen-bond acceptors (Lipinski definition) is 3. The topological polar surface area (TPSA) is 53.3 Å². The number of nitrogens with zero attached hydrogens (tertiary/aromatic N) is 2. The lowest BCUT2D eigenvalue weighted by molar-refractivity contribution is -0.199. The highest BCUT2D eigenvalue weighted by molar-refractivity contribution is 5.70. The van der Waals surface area contributed by atoms with Crippen LogP contribution in [0.15, 0.2) is 0 Å². The van der Waals surface area contributed by atoms with Crippen molar-refractivity contribution in [1.82, 2.24) is 4.90 Å². The Morgan fingerprint density at radius 3 is 2.33 bits per heavy atom. The summed E-state index contributed by atoms with van der Waals surface area (Å²) in [5.41, 5.74) is -3.65. The van der Waals surface area contributed by atoms with E-state index in [1.807, 2.05) is 0 Å². The molecule has 0 N–H and O–H groups in total. The van der Waals surface area contributed by atoms with Gasteiger partial charge in [0.25, 0.3) is 0 Å². The van der Waals surface area contributed by atoms with Crippen LogP contribution in [0.2, 0.25) is 0 Å². The first-order valence-electron chi connectivity index (χ1n) is 5.52. The summed E-state index contributed by atoms with van der Waals surface area (Å²) in [6.07, 6.45) is -6.16. The van der Waals surface area contributed by atoms with Crippen molar-refractivity contribution in [2.45, 2.75) is 50.9 Å². The Hall–Kier alpha value is -1.45. The van der Waals surface area contributed by atoms with Crippen molar-refractivity contribution < 1.29 is 22.7 Å². The number of rotatable bonds is 0. The number of halogens is 3. The highest BCUT2D eigenvalue weighted by atomic mass is 19.4. The van der Waals surface area contributed by atoms with Crippen LogP contribution in [-0.4, -0.2) is 34.9 Å². The largest absolute Gasteiger partial charge is 0.444 e. The SMILES string of the molecule is CC(C)(C)OC(=O)N1CCCC1(C#N)C(F)(F)F. The lowest BCUT2D eigenvalue weighted by Gasteiger charge is -2.35. The van der Waals surface area contributed by atoms with Crippen molar-refractivity contribution >= 4 is 6.09 Å². The molecule has 0 aromatic carbocycles. The highest BCUT2D eigenvalue weighted by Crippen LogP contribution is 2.43. The lowest BCUT2D eigenvalue weighted by Crippen LogP contribution is -2.57. The van der Waals surface area contributed by atoms with Gasteiger partial charge in [0.2, 0.25) is 5.54 Å². The molecule has 0 radical (unpaired) electrons. The van der Waals surface area contributed by atoms with E-state index < -0.39 is 29.8 Å². The van der Waals surface area contributed by atoms with E-state index in [0.717, 1.165) is 0 Å². The zero-order valence-corrected chi connectivity index (χ0v) is 10.5. The molecular formula is C11H15F3N2O2. The maximum atomic E-state index is 13.0. The van der Waals surface area contributed by atoms with Crippen LogP contribution >= 0.6 is 0 Å². The molecule has 1 atom stereocenters. The first kappa shape index (κ1) is 14.6. The first-order chi connectivity index (χ1) is 8.03. The summed E-state index contributed by atoms with van der Waals surface area (Å²) in [4.78, 5) is 12.2. The zero-order chi connectivity index (χ0) is 14.2. The first-order valence-corrected chi connectivity index (χ1v) is 5.52. The van der Waals surface area contributed by atoms with Crippen molar-refractivity contribution in [1.29, 1.82) is 5.26 Å². The molecule has 0 aromatic heterocycles. The molecule has 1 rings (SSSR count). The fourth-order valence-corrected chi connectivity index (χ4v) is 1.86. The molecule has 1 fully saturated rings. The van der Waals surface area contributed by atoms with Crippen LogP contribution in [0.5, 0.6) is 0 Å². The molecule has 1 saturated heterocycles. The van der Waals surface area contributed by atoms with Crippen LogP contribution in [0.1, 0.15) is 33.6 Å². The normalized spacial score (nSPS) is 24.8. The van der Waals surface area contributed by atoms with Crippen molar-refractivity contribution in [2.75, 3.05) is 6.54 Å². The van der Waals surface area contributed by atoms with Gasteiger partial charge in [-0.3, -0.25) is 4.90 Å². The van der Waals surface area contributed by atoms with Crippen LogP contribution in [-0.2, 0) is 4.74 Å². The van der Waals surface area contributed by atoms with Gasteiger partial charge in [0, 0.05) is 6.54 Å². The molecule has 1 amide bonds. The number of ether oxygens (including phenoxy) is 1. The van der Waals surface area contributed by atoms with E-state index in [0.29, 0.717) is 4.90 Å². The van der Waals surface area contributed by atoms with Gasteiger partial charge in [-0.2, -0.15) is 18.4 Å². The molecule has 1 aliphatic rings. The molecule has 0 spiro atoms. The van der Waals surface area contributed by atoms with E-state index >= 15 is 0 Å². The van der Waals surface area contributed by atoms with Gasteiger partial charge in [-0.05, 0) is 33.6 Å². The second-order valence-corrected chi connectivity index (χ2v) is 5.21. The Morgan fingerprint density at radius 1 is 1.39 bits per heavy atom. The number of nitriles is 1. The summed E-state index contributed by atoms with van der Waals surface area (Å²) in [6, 6.07) is 1.23. The summed E-state index contributed by atoms with van der Waals surface area (Å²) >= 11 is 0. The monoisotopic (exact) mass is 264 g/mol. The maximum absolute atomic E-state index is 13.0. The van der Waals surface area contributed by atoms with E-state index in [1.165, 1.54) is 6.07 Å². The molecule has 0 aliphatic carbocycles. The van der Waals surface area contributed by atoms with Crippen LogP contribution in [0, 0.1) is 11.3 Å². The van der Waals surface area contributed by atoms with Gasteiger partial charge in [0.1, 0.15) is 11.7 Å². The predicted octanol–water partition coefficient (Wildman–Crippen LogP) is 2.84. The molecule has 102 valence electrons. The van der Waals surface area contributed by atoms with E-state index in [-0.39, 0.29) is 13.0 Å². The second kappa shape index (κ2) is 4.34. The molecular weight excluding hydrogens is 249 g/mol. The summed E-state index contributed by atoms with van der Waals surface area (Å²) in [7, 11) is 0. The molecule has 7 heteroatoms. The molecule has 0 saturated carbocycles. The lowest BCUT2D eigenvalue weighted by atomic mass is 9.98. The minimum atomic E-state index is -4.78. The van der Waals surface area contributed by atoms with Gasteiger partial charge in [-0.1, -0.05) is 0 Å². The van der Waals surface area contributed by atoms with Gasteiger partial charge in [-0.15, -0.1) is 0 Å². The Bertz CT molecular complexity index is 381. The summed E-state index contributed by atoms with van der Waals surface area (Å²) in [6.45, 7) is 4.55. The standard InChI is InChI=1S/C11H15F3N2O2/c1-9(2,3)18-8(17)16-6-4-5-10(16,7-15)11(12,13)14/h4-6H2,1-3H3. The zero-order valence-electron chi connectivity index (χ0n) is 10.5. The maximum Gasteiger partial charge on any atom is 0.425 e. The predicted molar refractivity (Wildman–Crippen MR) is 56.6 cm³/mol. The molecule has 1 unspecified atom stereocenters. The number of amides is 1. The Labute approximate surface area is 103 Å². The van der Waals surface area contributed by atoms with Gasteiger partial charge < -0.3 is 4.74 Å². The van der Waals surface area contributed by atoms with E-state index in [9.17, 15) is 18.0 Å². The highest BCUT2D eigenvalue weighted by Gasteiger charge is 2.63. The summed E-state index contributed by atoms with van der Waals surface area (Å²) < 4.78 is 43.9. The Balaban J connectivity index is 3.02. The van der Waals surface area contributed by atoms with Crippen molar-refractivity contribution in [2.24, 2.45) is 0 Å². The van der Waals surface area contributed by atoms with E-state index in [2.05, 4.69) is 0 Å². The van der Waals surface area contributed by atoms with E-state index in [1.54, 1.807) is 20.8 Å². The van der Waals surface area contributed by atoms with Gasteiger partial charge in [0.15, 0.2) is 0 Å². The third-order valence-corrected chi connectivity index (χ3v) is 2.65. The fraction of sp³-hybridized carbons (Fsp3) is 0.818. The number of hydrogen-bond donors (Lipinski definition) is 0. The molecule has 4 nitrogen and oxygen atoms in total. The molecule has 0 bridgehead atoms. The van der Waals surface area contributed by atoms with E-state index in [4.69, 9.17) is 10.00 Å². The van der Waals surface area contributed by atoms with Crippen molar-refractivity contribution in [3.8, 4) is 6.07 Å². The molecule has 0 aromatic rings. The average molecular weight is 264 g/mol. The number of alkyl halides is 3. The van der Waals surface area contributed by atoms with Crippen LogP contribution in [0.4, 0.5) is 18.0 Å². The molecule has 1 aliphatic heterocycles. The van der Waals surface area contributed by atoms with Crippen LogP contribution in [0.3, 0.4) is 0 Å². The van der Waals surface area contributed by atoms with Crippen molar-refractivity contribution in [3.63, 3.8) is 0 Å². The number of likely N-dealkylation sites (tertiary alicyclic amines) is 1. The van der Waals surface area contributed by atoms with Gasteiger partial charge in [0.05, 0.1) is 0 Å². The van der Waals surface area contributed by atoms with Crippen LogP contribution in [0.25, 0.3) is 0 Å². The van der Waals surface area contributed by atoms with Gasteiger partial charge in [-0.25, -0.2) is 4.79 Å². The average Bonchev–Trinajstić information content (AvgIpc) is 2.58. The van der Waals surface area contributed by atoms with Crippen molar-refractivity contribution in [3.05, 3.63) is 0 Å². The van der Waals surface area contributed by atoms with Crippen LogP contribution < -0.4 is 0 Å². The second-order valence-electron chi connectivity index (χ2n) is 5.21. The molecule has 18 heavy (non-hydrogen) atoms. The fourth-order valence-electron chi connectivity index (χ4n) is 1.86. The van der Waals surface area contributed by atoms with Gasteiger partial charge >= 0.3 is 12.3 Å². The number of carbonyl (C=O) groups excluding carboxylic acids is 1. The quantitative estimate of drug-likeness (QED) is 0.676. The minimum Gasteiger partial charge on any atom is -0.444 e. The Morgan fingerprint density at radius 2 is 1.94 bits per heavy atom. The minimum absolute atomic E-state index is 0.123. The summed E-state index contributed by atoms with van der Waals surface area (Å²) in [5.74, 6) is 0. The third-order valence-electron chi connectivity index (χ3n) is 2.65. The third kappa shape index (κ3) is 2.52.